The van der Waals surface area contributed by atoms with Crippen LogP contribution in [0.5, 0.6) is 0 Å². The van der Waals surface area contributed by atoms with Crippen molar-refractivity contribution in [2.24, 2.45) is 0 Å². The SMILES string of the molecule is O=C(O)CCc1n[nH]n(Cc2ccccc2)c1=S.[H-].[Na+]. The number of benzene rings is 1. The van der Waals surface area contributed by atoms with Crippen LogP contribution in [0.15, 0.2) is 30.3 Å². The first kappa shape index (κ1) is 16.1. The van der Waals surface area contributed by atoms with Gasteiger partial charge in [0.25, 0.3) is 0 Å². The molecule has 0 amide bonds. The normalized spacial score (nSPS) is 9.89. The molecule has 0 bridgehead atoms. The Bertz CT molecular complexity index is 600. The van der Waals surface area contributed by atoms with E-state index >= 15 is 0 Å². The molecule has 5 nitrogen and oxygen atoms in total. The summed E-state index contributed by atoms with van der Waals surface area (Å²) < 4.78 is 2.31. The van der Waals surface area contributed by atoms with Gasteiger partial charge in [-0.2, -0.15) is 5.10 Å². The maximum Gasteiger partial charge on any atom is 1.00 e. The molecule has 2 rings (SSSR count). The third-order valence-corrected chi connectivity index (χ3v) is 3.01. The quantitative estimate of drug-likeness (QED) is 0.553. The van der Waals surface area contributed by atoms with E-state index in [1.165, 1.54) is 0 Å². The second-order valence-electron chi connectivity index (χ2n) is 3.93. The Morgan fingerprint density at radius 2 is 2.11 bits per heavy atom. The standard InChI is InChI=1S/C12H13N3O2S.Na.H/c16-11(17)7-6-10-12(18)15(14-13-10)8-9-4-2-1-3-5-9;;/h1-5,14H,6-8H2,(H,16,17);;/q;+1;-1. The number of rotatable bonds is 5. The minimum Gasteiger partial charge on any atom is -1.00 e. The number of H-pyrrole nitrogens is 1. The number of carbonyl (C=O) groups is 1. The van der Waals surface area contributed by atoms with Crippen molar-refractivity contribution in [2.45, 2.75) is 19.4 Å². The van der Waals surface area contributed by atoms with E-state index < -0.39 is 5.97 Å². The number of carboxylic acid groups (broad SMARTS) is 1. The molecule has 0 saturated carbocycles. The second kappa shape index (κ2) is 7.59. The average molecular weight is 287 g/mol. The monoisotopic (exact) mass is 287 g/mol. The smallest absolute Gasteiger partial charge is 1.00 e. The number of carboxylic acids is 1. The van der Waals surface area contributed by atoms with Gasteiger partial charge in [0.15, 0.2) is 0 Å². The summed E-state index contributed by atoms with van der Waals surface area (Å²) >= 11 is 5.25. The van der Waals surface area contributed by atoms with Crippen LogP contribution >= 0.6 is 12.2 Å². The number of aromatic nitrogens is 3. The fraction of sp³-hybridized carbons (Fsp3) is 0.250. The molecule has 0 atom stereocenters. The van der Waals surface area contributed by atoms with Crippen LogP contribution < -0.4 is 29.6 Å². The van der Waals surface area contributed by atoms with Gasteiger partial charge in [0, 0.05) is 6.42 Å². The van der Waals surface area contributed by atoms with Gasteiger partial charge in [-0.1, -0.05) is 42.5 Å². The molecule has 0 aliphatic rings. The molecule has 2 aromatic rings. The van der Waals surface area contributed by atoms with Crippen LogP contribution in [0.4, 0.5) is 0 Å². The first-order valence-electron chi connectivity index (χ1n) is 5.56. The third-order valence-electron chi connectivity index (χ3n) is 2.56. The molecule has 19 heavy (non-hydrogen) atoms. The molecule has 0 unspecified atom stereocenters. The van der Waals surface area contributed by atoms with Gasteiger partial charge in [0.2, 0.25) is 0 Å². The summed E-state index contributed by atoms with van der Waals surface area (Å²) in [4.78, 5) is 10.5. The third kappa shape index (κ3) is 4.58. The van der Waals surface area contributed by atoms with E-state index in [4.69, 9.17) is 17.3 Å². The van der Waals surface area contributed by atoms with Crippen LogP contribution in [-0.2, 0) is 17.8 Å². The number of hydrogen-bond donors (Lipinski definition) is 2. The number of hydrogen-bond acceptors (Lipinski definition) is 3. The summed E-state index contributed by atoms with van der Waals surface area (Å²) in [6.07, 6.45) is 0.395. The van der Waals surface area contributed by atoms with E-state index in [1.807, 2.05) is 30.3 Å². The van der Waals surface area contributed by atoms with E-state index in [1.54, 1.807) is 4.68 Å². The Balaban J connectivity index is 0.00000180. The summed E-state index contributed by atoms with van der Waals surface area (Å²) in [5, 5.41) is 15.5. The van der Waals surface area contributed by atoms with Crippen molar-refractivity contribution in [1.29, 1.82) is 0 Å². The molecule has 0 saturated heterocycles. The molecule has 1 aromatic carbocycles. The van der Waals surface area contributed by atoms with Gasteiger partial charge in [-0.05, 0) is 5.56 Å². The first-order valence-corrected chi connectivity index (χ1v) is 5.97. The minimum atomic E-state index is -0.845. The van der Waals surface area contributed by atoms with Gasteiger partial charge in [0.1, 0.15) is 4.64 Å². The van der Waals surface area contributed by atoms with Crippen molar-refractivity contribution in [1.82, 2.24) is 15.0 Å². The van der Waals surface area contributed by atoms with Crippen molar-refractivity contribution in [2.75, 3.05) is 0 Å². The number of aromatic amines is 1. The number of nitrogens with zero attached hydrogens (tertiary/aromatic N) is 2. The van der Waals surface area contributed by atoms with Crippen LogP contribution in [0.25, 0.3) is 0 Å². The maximum absolute atomic E-state index is 10.5. The number of aliphatic carboxylic acids is 1. The number of nitrogens with one attached hydrogen (secondary N) is 1. The second-order valence-corrected chi connectivity index (χ2v) is 4.32. The Morgan fingerprint density at radius 1 is 1.42 bits per heavy atom. The Hall–Kier alpha value is -0.950. The van der Waals surface area contributed by atoms with E-state index in [9.17, 15) is 4.79 Å². The van der Waals surface area contributed by atoms with Crippen LogP contribution in [-0.4, -0.2) is 26.1 Å². The summed E-state index contributed by atoms with van der Waals surface area (Å²) in [7, 11) is 0. The first-order chi connectivity index (χ1) is 8.66. The Kier molecular flexibility index (Phi) is 6.44. The van der Waals surface area contributed by atoms with E-state index in [0.29, 0.717) is 23.3 Å². The summed E-state index contributed by atoms with van der Waals surface area (Å²) in [5.74, 6) is -0.845. The molecule has 0 radical (unpaired) electrons. The molecule has 0 spiro atoms. The summed E-state index contributed by atoms with van der Waals surface area (Å²) in [6, 6.07) is 9.87. The van der Waals surface area contributed by atoms with E-state index in [0.717, 1.165) is 5.56 Å². The van der Waals surface area contributed by atoms with Gasteiger partial charge in [-0.25, -0.2) is 5.21 Å². The van der Waals surface area contributed by atoms with E-state index in [-0.39, 0.29) is 37.4 Å². The molecule has 0 aliphatic carbocycles. The van der Waals surface area contributed by atoms with Crippen molar-refractivity contribution >= 4 is 18.2 Å². The molecular weight excluding hydrogens is 273 g/mol. The molecule has 96 valence electrons. The van der Waals surface area contributed by atoms with Crippen molar-refractivity contribution < 1.29 is 40.9 Å². The van der Waals surface area contributed by atoms with Crippen molar-refractivity contribution in [3.05, 3.63) is 46.2 Å². The molecule has 0 aliphatic heterocycles. The van der Waals surface area contributed by atoms with E-state index in [2.05, 4.69) is 10.3 Å². The topological polar surface area (TPSA) is 70.9 Å². The Morgan fingerprint density at radius 3 is 2.74 bits per heavy atom. The Labute approximate surface area is 139 Å². The largest absolute Gasteiger partial charge is 1.00 e. The molecule has 7 heteroatoms. The maximum atomic E-state index is 10.5. The number of aryl methyl sites for hydroxylation is 1. The molecule has 1 aromatic heterocycles. The van der Waals surface area contributed by atoms with Gasteiger partial charge in [-0.15, -0.1) is 0 Å². The van der Waals surface area contributed by atoms with Crippen molar-refractivity contribution in [3.63, 3.8) is 0 Å². The average Bonchev–Trinajstić information content (AvgIpc) is 2.70. The van der Waals surface area contributed by atoms with Gasteiger partial charge < -0.3 is 6.53 Å². The zero-order valence-electron chi connectivity index (χ0n) is 11.7. The zero-order valence-corrected chi connectivity index (χ0v) is 13.5. The predicted octanol–water partition coefficient (Wildman–Crippen LogP) is -0.877. The van der Waals surface area contributed by atoms with Gasteiger partial charge in [0.05, 0.1) is 18.7 Å². The molecular formula is C12H14N3NaO2S. The van der Waals surface area contributed by atoms with Crippen LogP contribution in [0, 0.1) is 4.64 Å². The molecule has 2 N–H and O–H groups in total. The van der Waals surface area contributed by atoms with Gasteiger partial charge >= 0.3 is 35.5 Å². The van der Waals surface area contributed by atoms with Crippen LogP contribution in [0.2, 0.25) is 0 Å². The fourth-order valence-electron chi connectivity index (χ4n) is 1.63. The minimum absolute atomic E-state index is 0. The fourth-order valence-corrected chi connectivity index (χ4v) is 1.88. The summed E-state index contributed by atoms with van der Waals surface area (Å²) in [5.41, 5.74) is 1.74. The van der Waals surface area contributed by atoms with Crippen molar-refractivity contribution in [3.8, 4) is 0 Å². The van der Waals surface area contributed by atoms with Crippen LogP contribution in [0.3, 0.4) is 0 Å². The van der Waals surface area contributed by atoms with Gasteiger partial charge in [-0.3, -0.25) is 9.48 Å². The molecule has 1 heterocycles. The zero-order chi connectivity index (χ0) is 13.0. The predicted molar refractivity (Wildman–Crippen MR) is 70.0 cm³/mol. The summed E-state index contributed by atoms with van der Waals surface area (Å²) in [6.45, 7) is 0.611. The molecule has 0 fully saturated rings. The van der Waals surface area contributed by atoms with Crippen LogP contribution in [0.1, 0.15) is 19.1 Å².